The lowest BCUT2D eigenvalue weighted by molar-refractivity contribution is -0.130. The summed E-state index contributed by atoms with van der Waals surface area (Å²) in [5, 5.41) is 3.31. The van der Waals surface area contributed by atoms with Gasteiger partial charge in [-0.3, -0.25) is 4.79 Å². The highest BCUT2D eigenvalue weighted by atomic mass is 16.6. The van der Waals surface area contributed by atoms with Gasteiger partial charge in [0.05, 0.1) is 6.42 Å². The van der Waals surface area contributed by atoms with Crippen LogP contribution in [0.3, 0.4) is 0 Å². The second-order valence-electron chi connectivity index (χ2n) is 5.14. The van der Waals surface area contributed by atoms with Gasteiger partial charge in [0.25, 0.3) is 0 Å². The summed E-state index contributed by atoms with van der Waals surface area (Å²) in [6, 6.07) is 5.75. The number of carbonyl (C=O) groups excluding carboxylic acids is 1. The average molecular weight is 276 g/mol. The first-order chi connectivity index (χ1) is 9.83. The molecule has 2 heterocycles. The zero-order valence-corrected chi connectivity index (χ0v) is 11.6. The standard InChI is InChI=1S/C15H20N2O3/c18-15(17-6-1-4-16-5-7-17)11-12-2-3-13-14(10-12)20-9-8-19-13/h2-3,10,16H,1,4-9,11H2. The number of hydrogen-bond donors (Lipinski definition) is 1. The summed E-state index contributed by atoms with van der Waals surface area (Å²) < 4.78 is 11.0. The molecule has 2 aliphatic heterocycles. The minimum Gasteiger partial charge on any atom is -0.486 e. The van der Waals surface area contributed by atoms with Crippen LogP contribution in [0.4, 0.5) is 0 Å². The highest BCUT2D eigenvalue weighted by Gasteiger charge is 2.17. The first kappa shape index (κ1) is 13.2. The fourth-order valence-electron chi connectivity index (χ4n) is 2.58. The van der Waals surface area contributed by atoms with Gasteiger partial charge in [-0.2, -0.15) is 0 Å². The summed E-state index contributed by atoms with van der Waals surface area (Å²) in [7, 11) is 0. The van der Waals surface area contributed by atoms with E-state index in [2.05, 4.69) is 5.32 Å². The Hall–Kier alpha value is -1.75. The predicted molar refractivity (Wildman–Crippen MR) is 75.2 cm³/mol. The average Bonchev–Trinajstić information content (AvgIpc) is 2.76. The molecule has 108 valence electrons. The lowest BCUT2D eigenvalue weighted by Gasteiger charge is -2.21. The molecule has 0 aliphatic carbocycles. The van der Waals surface area contributed by atoms with Crippen molar-refractivity contribution in [3.63, 3.8) is 0 Å². The Morgan fingerprint density at radius 1 is 1.15 bits per heavy atom. The fourth-order valence-corrected chi connectivity index (χ4v) is 2.58. The highest BCUT2D eigenvalue weighted by molar-refractivity contribution is 5.79. The van der Waals surface area contributed by atoms with Crippen LogP contribution in [-0.4, -0.2) is 50.2 Å². The molecule has 20 heavy (non-hydrogen) atoms. The van der Waals surface area contributed by atoms with E-state index in [1.807, 2.05) is 23.1 Å². The Morgan fingerprint density at radius 3 is 2.90 bits per heavy atom. The molecule has 0 spiro atoms. The molecule has 1 aromatic rings. The molecule has 0 bridgehead atoms. The molecule has 0 atom stereocenters. The van der Waals surface area contributed by atoms with Crippen molar-refractivity contribution in [2.75, 3.05) is 39.4 Å². The molecule has 2 aliphatic rings. The molecule has 3 rings (SSSR count). The molecule has 1 amide bonds. The number of nitrogens with one attached hydrogen (secondary N) is 1. The van der Waals surface area contributed by atoms with Crippen LogP contribution in [-0.2, 0) is 11.2 Å². The summed E-state index contributed by atoms with van der Waals surface area (Å²) in [5.41, 5.74) is 0.983. The van der Waals surface area contributed by atoms with Crippen LogP contribution in [0.25, 0.3) is 0 Å². The largest absolute Gasteiger partial charge is 0.486 e. The summed E-state index contributed by atoms with van der Waals surface area (Å²) in [6.07, 6.45) is 1.45. The van der Waals surface area contributed by atoms with Crippen LogP contribution >= 0.6 is 0 Å². The quantitative estimate of drug-likeness (QED) is 0.869. The Bertz CT molecular complexity index is 482. The number of carbonyl (C=O) groups is 1. The number of benzene rings is 1. The van der Waals surface area contributed by atoms with Gasteiger partial charge < -0.3 is 19.7 Å². The second-order valence-corrected chi connectivity index (χ2v) is 5.14. The smallest absolute Gasteiger partial charge is 0.227 e. The number of amides is 1. The maximum Gasteiger partial charge on any atom is 0.227 e. The lowest BCUT2D eigenvalue weighted by atomic mass is 10.1. The number of ether oxygens (including phenoxy) is 2. The molecular weight excluding hydrogens is 256 g/mol. The van der Waals surface area contributed by atoms with Crippen molar-refractivity contribution in [2.45, 2.75) is 12.8 Å². The van der Waals surface area contributed by atoms with E-state index < -0.39 is 0 Å². The van der Waals surface area contributed by atoms with Gasteiger partial charge in [0.2, 0.25) is 5.91 Å². The summed E-state index contributed by atoms with van der Waals surface area (Å²) >= 11 is 0. The molecule has 5 heteroatoms. The molecule has 1 saturated heterocycles. The zero-order chi connectivity index (χ0) is 13.8. The zero-order valence-electron chi connectivity index (χ0n) is 11.6. The monoisotopic (exact) mass is 276 g/mol. The maximum absolute atomic E-state index is 12.3. The molecule has 0 saturated carbocycles. The number of hydrogen-bond acceptors (Lipinski definition) is 4. The van der Waals surface area contributed by atoms with E-state index >= 15 is 0 Å². The topological polar surface area (TPSA) is 50.8 Å². The third-order valence-corrected chi connectivity index (χ3v) is 3.65. The highest BCUT2D eigenvalue weighted by Crippen LogP contribution is 2.30. The van der Waals surface area contributed by atoms with Crippen molar-refractivity contribution in [2.24, 2.45) is 0 Å². The predicted octanol–water partition coefficient (Wildman–Crippen LogP) is 0.822. The molecule has 5 nitrogen and oxygen atoms in total. The SMILES string of the molecule is O=C(Cc1ccc2c(c1)OCCO2)N1CCCNCC1. The third-order valence-electron chi connectivity index (χ3n) is 3.65. The third kappa shape index (κ3) is 3.04. The molecule has 1 fully saturated rings. The van der Waals surface area contributed by atoms with Crippen molar-refractivity contribution in [1.82, 2.24) is 10.2 Å². The lowest BCUT2D eigenvalue weighted by Crippen LogP contribution is -2.35. The van der Waals surface area contributed by atoms with Gasteiger partial charge in [-0.05, 0) is 30.7 Å². The van der Waals surface area contributed by atoms with Crippen LogP contribution in [0.1, 0.15) is 12.0 Å². The molecule has 0 radical (unpaired) electrons. The van der Waals surface area contributed by atoms with Crippen molar-refractivity contribution >= 4 is 5.91 Å². The van der Waals surface area contributed by atoms with Crippen LogP contribution < -0.4 is 14.8 Å². The van der Waals surface area contributed by atoms with E-state index in [0.717, 1.165) is 49.7 Å². The van der Waals surface area contributed by atoms with Gasteiger partial charge >= 0.3 is 0 Å². The van der Waals surface area contributed by atoms with E-state index in [-0.39, 0.29) is 5.91 Å². The molecule has 0 aromatic heterocycles. The van der Waals surface area contributed by atoms with Crippen LogP contribution in [0, 0.1) is 0 Å². The van der Waals surface area contributed by atoms with Crippen LogP contribution in [0.15, 0.2) is 18.2 Å². The van der Waals surface area contributed by atoms with E-state index in [1.54, 1.807) is 0 Å². The fraction of sp³-hybridized carbons (Fsp3) is 0.533. The van der Waals surface area contributed by atoms with Crippen molar-refractivity contribution < 1.29 is 14.3 Å². The Labute approximate surface area is 118 Å². The molecular formula is C15H20N2O3. The Morgan fingerprint density at radius 2 is 2.00 bits per heavy atom. The van der Waals surface area contributed by atoms with Crippen LogP contribution in [0.5, 0.6) is 11.5 Å². The summed E-state index contributed by atoms with van der Waals surface area (Å²) in [6.45, 7) is 4.68. The number of nitrogens with zero attached hydrogens (tertiary/aromatic N) is 1. The minimum absolute atomic E-state index is 0.186. The Kier molecular flexibility index (Phi) is 4.06. The van der Waals surface area contributed by atoms with Crippen LogP contribution in [0.2, 0.25) is 0 Å². The normalized spacial score (nSPS) is 18.5. The van der Waals surface area contributed by atoms with E-state index in [9.17, 15) is 4.79 Å². The first-order valence-electron chi connectivity index (χ1n) is 7.20. The van der Waals surface area contributed by atoms with E-state index in [1.165, 1.54) is 0 Å². The van der Waals surface area contributed by atoms with Gasteiger partial charge in [-0.15, -0.1) is 0 Å². The van der Waals surface area contributed by atoms with Gasteiger partial charge in [0, 0.05) is 19.6 Å². The van der Waals surface area contributed by atoms with E-state index in [0.29, 0.717) is 19.6 Å². The van der Waals surface area contributed by atoms with Gasteiger partial charge in [0.15, 0.2) is 11.5 Å². The Balaban J connectivity index is 1.66. The maximum atomic E-state index is 12.3. The van der Waals surface area contributed by atoms with Crippen molar-refractivity contribution in [1.29, 1.82) is 0 Å². The number of fused-ring (bicyclic) bond motifs is 1. The summed E-state index contributed by atoms with van der Waals surface area (Å²) in [4.78, 5) is 14.3. The van der Waals surface area contributed by atoms with Crippen molar-refractivity contribution in [3.05, 3.63) is 23.8 Å². The van der Waals surface area contributed by atoms with Gasteiger partial charge in [-0.25, -0.2) is 0 Å². The molecule has 1 N–H and O–H groups in total. The summed E-state index contributed by atoms with van der Waals surface area (Å²) in [5.74, 6) is 1.70. The van der Waals surface area contributed by atoms with E-state index in [4.69, 9.17) is 9.47 Å². The van der Waals surface area contributed by atoms with Gasteiger partial charge in [0.1, 0.15) is 13.2 Å². The molecule has 1 aromatic carbocycles. The van der Waals surface area contributed by atoms with Gasteiger partial charge in [-0.1, -0.05) is 6.07 Å². The minimum atomic E-state index is 0.186. The number of rotatable bonds is 2. The second kappa shape index (κ2) is 6.13. The molecule has 0 unspecified atom stereocenters. The van der Waals surface area contributed by atoms with Crippen molar-refractivity contribution in [3.8, 4) is 11.5 Å². The first-order valence-corrected chi connectivity index (χ1v) is 7.20.